The Bertz CT molecular complexity index is 1080. The molecule has 6 N–H and O–H groups in total. The molecule has 0 spiro atoms. The lowest BCUT2D eigenvalue weighted by Crippen LogP contribution is -2.34. The number of carbonyl (C=O) groups is 3. The van der Waals surface area contributed by atoms with Gasteiger partial charge in [0.25, 0.3) is 0 Å². The van der Waals surface area contributed by atoms with Crippen LogP contribution in [0.3, 0.4) is 0 Å². The maximum atomic E-state index is 13.0. The molecule has 3 unspecified atom stereocenters. The third-order valence-corrected chi connectivity index (χ3v) is 7.06. The van der Waals surface area contributed by atoms with E-state index in [1.54, 1.807) is 6.07 Å². The number of aromatic hydroxyl groups is 1. The smallest absolute Gasteiger partial charge is 0.224 e. The van der Waals surface area contributed by atoms with Gasteiger partial charge >= 0.3 is 0 Å². The molecule has 2 aromatic rings. The highest BCUT2D eigenvalue weighted by Gasteiger charge is 2.34. The third-order valence-electron chi connectivity index (χ3n) is 7.06. The van der Waals surface area contributed by atoms with Gasteiger partial charge in [-0.05, 0) is 60.8 Å². The molecule has 0 saturated carbocycles. The number of aliphatic hydroxyl groups excluding tert-OH is 2. The van der Waals surface area contributed by atoms with E-state index in [0.29, 0.717) is 31.5 Å². The summed E-state index contributed by atoms with van der Waals surface area (Å²) >= 11 is 0. The van der Waals surface area contributed by atoms with E-state index in [4.69, 9.17) is 5.73 Å². The van der Waals surface area contributed by atoms with Crippen molar-refractivity contribution in [3.63, 3.8) is 0 Å². The van der Waals surface area contributed by atoms with Crippen molar-refractivity contribution < 1.29 is 29.7 Å². The van der Waals surface area contributed by atoms with Crippen LogP contribution in [-0.2, 0) is 29.1 Å². The molecule has 0 saturated heterocycles. The number of benzene rings is 2. The quantitative estimate of drug-likeness (QED) is 0.267. The summed E-state index contributed by atoms with van der Waals surface area (Å²) in [6.45, 7) is 2.58. The van der Waals surface area contributed by atoms with Crippen LogP contribution in [0.5, 0.6) is 5.75 Å². The van der Waals surface area contributed by atoms with E-state index in [2.05, 4.69) is 29.6 Å². The summed E-state index contributed by atoms with van der Waals surface area (Å²) < 4.78 is 0. The molecule has 0 heterocycles. The van der Waals surface area contributed by atoms with Crippen molar-refractivity contribution in [2.75, 3.05) is 13.2 Å². The summed E-state index contributed by atoms with van der Waals surface area (Å²) in [5.74, 6) is -2.77. The first-order valence-electron chi connectivity index (χ1n) is 12.4. The predicted molar refractivity (Wildman–Crippen MR) is 135 cm³/mol. The zero-order valence-electron chi connectivity index (χ0n) is 20.7. The molecular formula is C28H36N2O6. The highest BCUT2D eigenvalue weighted by Crippen LogP contribution is 2.38. The number of phenols is 1. The van der Waals surface area contributed by atoms with E-state index in [1.807, 2.05) is 13.0 Å². The molecule has 2 aromatic carbocycles. The summed E-state index contributed by atoms with van der Waals surface area (Å²) in [5, 5.41) is 33.3. The number of ketones is 2. The first-order chi connectivity index (χ1) is 17.2. The Morgan fingerprint density at radius 2 is 1.81 bits per heavy atom. The minimum Gasteiger partial charge on any atom is -0.507 e. The number of aliphatic hydroxyl groups is 2. The summed E-state index contributed by atoms with van der Waals surface area (Å²) in [7, 11) is 0. The number of rotatable bonds is 13. The van der Waals surface area contributed by atoms with E-state index in [0.717, 1.165) is 16.7 Å². The lowest BCUT2D eigenvalue weighted by atomic mass is 9.73. The minimum absolute atomic E-state index is 0.0347. The van der Waals surface area contributed by atoms with Crippen molar-refractivity contribution in [1.82, 2.24) is 5.32 Å². The second-order valence-electron chi connectivity index (χ2n) is 9.79. The fourth-order valence-corrected chi connectivity index (χ4v) is 5.22. The van der Waals surface area contributed by atoms with Crippen molar-refractivity contribution in [2.45, 2.75) is 52.1 Å². The molecule has 1 amide bonds. The molecule has 0 fully saturated rings. The maximum absolute atomic E-state index is 13.0. The Kier molecular flexibility index (Phi) is 9.75. The number of primary amides is 1. The molecule has 0 aliphatic heterocycles. The number of phenolic OH excluding ortho intramolecular Hbond substituents is 1. The monoisotopic (exact) mass is 496 g/mol. The van der Waals surface area contributed by atoms with Crippen LogP contribution < -0.4 is 11.1 Å². The standard InChI is InChI=1S/C28H36N2O6/c1-17-2-4-18(5-3-17)14-30-15-21-6-7-24(33)28-22(21)11-19(12-26(28)35)10-20(8-9-31)23(16-32)25(34)13-27(29)36/h2-7,19-20,23,30-33H,8-16H2,1H3,(H2,29,36). The zero-order chi connectivity index (χ0) is 26.2. The largest absolute Gasteiger partial charge is 0.507 e. The van der Waals surface area contributed by atoms with Gasteiger partial charge < -0.3 is 26.4 Å². The second kappa shape index (κ2) is 12.8. The van der Waals surface area contributed by atoms with Crippen LogP contribution in [-0.4, -0.2) is 46.0 Å². The highest BCUT2D eigenvalue weighted by atomic mass is 16.3. The van der Waals surface area contributed by atoms with E-state index in [1.165, 1.54) is 5.56 Å². The Morgan fingerprint density at radius 3 is 2.44 bits per heavy atom. The van der Waals surface area contributed by atoms with E-state index >= 15 is 0 Å². The average molecular weight is 497 g/mol. The molecule has 0 bridgehead atoms. The topological polar surface area (TPSA) is 150 Å². The summed E-state index contributed by atoms with van der Waals surface area (Å²) in [5.41, 5.74) is 9.57. The number of hydrogen-bond donors (Lipinski definition) is 5. The molecule has 1 aliphatic rings. The maximum Gasteiger partial charge on any atom is 0.224 e. The van der Waals surface area contributed by atoms with Gasteiger partial charge in [-0.15, -0.1) is 0 Å². The normalized spacial score (nSPS) is 16.9. The fraction of sp³-hybridized carbons (Fsp3) is 0.464. The molecule has 8 nitrogen and oxygen atoms in total. The molecule has 194 valence electrons. The minimum atomic E-state index is -0.832. The van der Waals surface area contributed by atoms with Crippen LogP contribution in [0, 0.1) is 24.7 Å². The number of Topliss-reactive ketones (excluding diaryl/α,β-unsaturated/α-hetero) is 2. The molecule has 0 aromatic heterocycles. The first kappa shape index (κ1) is 27.5. The first-order valence-corrected chi connectivity index (χ1v) is 12.4. The Labute approximate surface area is 211 Å². The molecule has 0 radical (unpaired) electrons. The van der Waals surface area contributed by atoms with Crippen molar-refractivity contribution in [3.8, 4) is 5.75 Å². The fourth-order valence-electron chi connectivity index (χ4n) is 5.22. The van der Waals surface area contributed by atoms with Gasteiger partial charge in [-0.25, -0.2) is 0 Å². The summed E-state index contributed by atoms with van der Waals surface area (Å²) in [6, 6.07) is 11.6. The van der Waals surface area contributed by atoms with Gasteiger partial charge in [0.2, 0.25) is 5.91 Å². The van der Waals surface area contributed by atoms with E-state index < -0.39 is 36.6 Å². The molecule has 3 atom stereocenters. The SMILES string of the molecule is Cc1ccc(CNCc2ccc(O)c3c2CC(CC(CCO)C(CO)C(=O)CC(N)=O)CC3=O)cc1. The molecule has 8 heteroatoms. The van der Waals surface area contributed by atoms with Gasteiger partial charge in [-0.2, -0.15) is 0 Å². The van der Waals surface area contributed by atoms with Crippen LogP contribution in [0.2, 0.25) is 0 Å². The lowest BCUT2D eigenvalue weighted by molar-refractivity contribution is -0.131. The summed E-state index contributed by atoms with van der Waals surface area (Å²) in [4.78, 5) is 36.8. The highest BCUT2D eigenvalue weighted by molar-refractivity contribution is 6.01. The van der Waals surface area contributed by atoms with Crippen molar-refractivity contribution in [1.29, 1.82) is 0 Å². The number of carbonyl (C=O) groups excluding carboxylic acids is 3. The number of aryl methyl sites for hydroxylation is 1. The van der Waals surface area contributed by atoms with E-state index in [9.17, 15) is 29.7 Å². The van der Waals surface area contributed by atoms with Crippen molar-refractivity contribution in [2.24, 2.45) is 23.5 Å². The van der Waals surface area contributed by atoms with Crippen LogP contribution in [0.25, 0.3) is 0 Å². The Balaban J connectivity index is 1.76. The van der Waals surface area contributed by atoms with Gasteiger partial charge in [0.1, 0.15) is 11.5 Å². The van der Waals surface area contributed by atoms with Gasteiger partial charge in [-0.1, -0.05) is 35.9 Å². The van der Waals surface area contributed by atoms with Crippen molar-refractivity contribution in [3.05, 3.63) is 64.2 Å². The number of amides is 1. The number of nitrogens with two attached hydrogens (primary N) is 1. The van der Waals surface area contributed by atoms with E-state index in [-0.39, 0.29) is 36.9 Å². The summed E-state index contributed by atoms with van der Waals surface area (Å²) in [6.07, 6.45) is 0.946. The van der Waals surface area contributed by atoms with Crippen LogP contribution >= 0.6 is 0 Å². The van der Waals surface area contributed by atoms with Gasteiger partial charge in [0.15, 0.2) is 5.78 Å². The Hall–Kier alpha value is -3.07. The zero-order valence-corrected chi connectivity index (χ0v) is 20.7. The van der Waals surface area contributed by atoms with Crippen LogP contribution in [0.15, 0.2) is 36.4 Å². The Morgan fingerprint density at radius 1 is 1.08 bits per heavy atom. The predicted octanol–water partition coefficient (Wildman–Crippen LogP) is 2.18. The van der Waals surface area contributed by atoms with Crippen molar-refractivity contribution >= 4 is 17.5 Å². The van der Waals surface area contributed by atoms with Crippen LogP contribution in [0.4, 0.5) is 0 Å². The number of nitrogens with one attached hydrogen (secondary N) is 1. The van der Waals surface area contributed by atoms with Gasteiger partial charge in [0.05, 0.1) is 18.6 Å². The molecule has 1 aliphatic carbocycles. The van der Waals surface area contributed by atoms with Gasteiger partial charge in [-0.3, -0.25) is 14.4 Å². The second-order valence-corrected chi connectivity index (χ2v) is 9.79. The number of hydrogen-bond acceptors (Lipinski definition) is 7. The van der Waals surface area contributed by atoms with Crippen LogP contribution in [0.1, 0.15) is 58.3 Å². The molecular weight excluding hydrogens is 460 g/mol. The van der Waals surface area contributed by atoms with Gasteiger partial charge in [0, 0.05) is 32.0 Å². The third kappa shape index (κ3) is 7.00. The lowest BCUT2D eigenvalue weighted by Gasteiger charge is -2.31. The molecule has 3 rings (SSSR count). The number of fused-ring (bicyclic) bond motifs is 1. The molecule has 36 heavy (non-hydrogen) atoms. The average Bonchev–Trinajstić information content (AvgIpc) is 2.81.